The van der Waals surface area contributed by atoms with Gasteiger partial charge in [-0.2, -0.15) is 0 Å². The van der Waals surface area contributed by atoms with Crippen LogP contribution in [0.1, 0.15) is 12.1 Å². The second-order valence-electron chi connectivity index (χ2n) is 6.37. The van der Waals surface area contributed by atoms with Gasteiger partial charge in [0, 0.05) is 19.3 Å². The van der Waals surface area contributed by atoms with Gasteiger partial charge < -0.3 is 15.2 Å². The van der Waals surface area contributed by atoms with E-state index in [2.05, 4.69) is 14.5 Å². The summed E-state index contributed by atoms with van der Waals surface area (Å²) in [5, 5.41) is 0.607. The second-order valence-corrected chi connectivity index (χ2v) is 6.81. The number of nitrogens with two attached hydrogens (primary N) is 1. The minimum Gasteiger partial charge on any atom is -0.340 e. The van der Waals surface area contributed by atoms with Crippen LogP contribution in [0.15, 0.2) is 42.6 Å². The third-order valence-corrected chi connectivity index (χ3v) is 4.82. The summed E-state index contributed by atoms with van der Waals surface area (Å²) in [5.74, 6) is 0.806. The van der Waals surface area contributed by atoms with Crippen molar-refractivity contribution in [2.75, 3.05) is 18.0 Å². The summed E-state index contributed by atoms with van der Waals surface area (Å²) in [7, 11) is 0. The summed E-state index contributed by atoms with van der Waals surface area (Å²) in [6, 6.07) is 11.2. The Morgan fingerprint density at radius 1 is 1.24 bits per heavy atom. The molecule has 5 nitrogen and oxygen atoms in total. The molecule has 2 N–H and O–H groups in total. The van der Waals surface area contributed by atoms with Gasteiger partial charge in [0.25, 0.3) is 0 Å². The number of hydrogen-bond donors (Lipinski definition) is 1. The quantitative estimate of drug-likeness (QED) is 0.781. The van der Waals surface area contributed by atoms with E-state index in [4.69, 9.17) is 22.3 Å². The molecule has 0 saturated carbocycles. The number of fused-ring (bicyclic) bond motifs is 1. The van der Waals surface area contributed by atoms with E-state index in [1.807, 2.05) is 36.4 Å². The van der Waals surface area contributed by atoms with Crippen LogP contribution in [0.25, 0.3) is 11.0 Å². The molecule has 0 aliphatic carbocycles. The van der Waals surface area contributed by atoms with E-state index in [0.717, 1.165) is 22.7 Å². The van der Waals surface area contributed by atoms with E-state index in [9.17, 15) is 4.39 Å². The molecule has 1 aliphatic heterocycles. The maximum atomic E-state index is 13.8. The number of piperidine rings is 1. The van der Waals surface area contributed by atoms with E-state index < -0.39 is 12.2 Å². The SMILES string of the molecule is N[C@@H]1CN(c2nc3ccccc3n2Cc2ccc(Cl)cn2)CCC1F. The van der Waals surface area contributed by atoms with Gasteiger partial charge in [0.2, 0.25) is 5.95 Å². The largest absolute Gasteiger partial charge is 0.340 e. The fourth-order valence-corrected chi connectivity index (χ4v) is 3.37. The van der Waals surface area contributed by atoms with E-state index in [-0.39, 0.29) is 0 Å². The van der Waals surface area contributed by atoms with Crippen LogP contribution in [-0.2, 0) is 6.54 Å². The predicted molar refractivity (Wildman–Crippen MR) is 97.8 cm³/mol. The molecule has 3 heterocycles. The van der Waals surface area contributed by atoms with Gasteiger partial charge >= 0.3 is 0 Å². The van der Waals surface area contributed by atoms with Crippen molar-refractivity contribution in [1.82, 2.24) is 14.5 Å². The average molecular weight is 360 g/mol. The van der Waals surface area contributed by atoms with E-state index in [1.54, 1.807) is 6.20 Å². The molecule has 0 bridgehead atoms. The molecule has 0 amide bonds. The molecule has 0 radical (unpaired) electrons. The number of alkyl halides is 1. The molecule has 3 aromatic rings. The Hall–Kier alpha value is -2.18. The average Bonchev–Trinajstić information content (AvgIpc) is 2.98. The maximum Gasteiger partial charge on any atom is 0.206 e. The fraction of sp³-hybridized carbons (Fsp3) is 0.333. The lowest BCUT2D eigenvalue weighted by atomic mass is 10.1. The lowest BCUT2D eigenvalue weighted by Gasteiger charge is -2.34. The van der Waals surface area contributed by atoms with E-state index in [1.165, 1.54) is 0 Å². The van der Waals surface area contributed by atoms with Crippen molar-refractivity contribution < 1.29 is 4.39 Å². The number of pyridine rings is 1. The molecular weight excluding hydrogens is 341 g/mol. The molecule has 1 fully saturated rings. The summed E-state index contributed by atoms with van der Waals surface area (Å²) in [5.41, 5.74) is 8.75. The molecule has 1 saturated heterocycles. The van der Waals surface area contributed by atoms with Crippen molar-refractivity contribution in [3.63, 3.8) is 0 Å². The highest BCUT2D eigenvalue weighted by Gasteiger charge is 2.29. The highest BCUT2D eigenvalue weighted by molar-refractivity contribution is 6.30. The minimum absolute atomic E-state index is 0.420. The number of nitrogens with zero attached hydrogens (tertiary/aromatic N) is 4. The standard InChI is InChI=1S/C18H19ClFN5/c19-12-5-6-13(22-9-12)10-25-17-4-2-1-3-16(17)23-18(25)24-8-7-14(20)15(21)11-24/h1-6,9,14-15H,7-8,10-11,21H2/t14?,15-/m1/s1. The molecular formula is C18H19ClFN5. The molecule has 1 unspecified atom stereocenters. The van der Waals surface area contributed by atoms with Gasteiger partial charge in [-0.05, 0) is 30.7 Å². The molecule has 2 aromatic heterocycles. The van der Waals surface area contributed by atoms with Crippen molar-refractivity contribution in [2.45, 2.75) is 25.2 Å². The van der Waals surface area contributed by atoms with Crippen molar-refractivity contribution in [1.29, 1.82) is 0 Å². The molecule has 130 valence electrons. The Morgan fingerprint density at radius 3 is 2.84 bits per heavy atom. The first-order valence-electron chi connectivity index (χ1n) is 8.32. The van der Waals surface area contributed by atoms with Crippen molar-refractivity contribution >= 4 is 28.6 Å². The summed E-state index contributed by atoms with van der Waals surface area (Å²) in [6.45, 7) is 1.63. The summed E-state index contributed by atoms with van der Waals surface area (Å²) >= 11 is 5.93. The Morgan fingerprint density at radius 2 is 2.08 bits per heavy atom. The lowest BCUT2D eigenvalue weighted by Crippen LogP contribution is -2.50. The molecule has 1 aliphatic rings. The molecule has 25 heavy (non-hydrogen) atoms. The summed E-state index contributed by atoms with van der Waals surface area (Å²) in [6.07, 6.45) is 1.11. The van der Waals surface area contributed by atoms with Crippen LogP contribution in [-0.4, -0.2) is 39.8 Å². The van der Waals surface area contributed by atoms with Crippen molar-refractivity contribution in [3.05, 3.63) is 53.3 Å². The van der Waals surface area contributed by atoms with E-state index >= 15 is 0 Å². The van der Waals surface area contributed by atoms with Crippen LogP contribution >= 0.6 is 11.6 Å². The highest BCUT2D eigenvalue weighted by atomic mass is 35.5. The fourth-order valence-electron chi connectivity index (χ4n) is 3.26. The van der Waals surface area contributed by atoms with Crippen LogP contribution in [0.3, 0.4) is 0 Å². The van der Waals surface area contributed by atoms with Gasteiger partial charge in [0.15, 0.2) is 0 Å². The van der Waals surface area contributed by atoms with Crippen LogP contribution in [0.5, 0.6) is 0 Å². The first-order chi connectivity index (χ1) is 12.1. The number of anilines is 1. The Bertz CT molecular complexity index is 879. The molecule has 4 rings (SSSR count). The Balaban J connectivity index is 1.74. The zero-order valence-electron chi connectivity index (χ0n) is 13.6. The van der Waals surface area contributed by atoms with Gasteiger partial charge in [-0.1, -0.05) is 23.7 Å². The molecule has 2 atom stereocenters. The first kappa shape index (κ1) is 16.3. The first-order valence-corrected chi connectivity index (χ1v) is 8.70. The third-order valence-electron chi connectivity index (χ3n) is 4.60. The number of halogens is 2. The topological polar surface area (TPSA) is 60.0 Å². The number of para-hydroxylation sites is 2. The van der Waals surface area contributed by atoms with Crippen molar-refractivity contribution in [3.8, 4) is 0 Å². The number of hydrogen-bond acceptors (Lipinski definition) is 4. The van der Waals surface area contributed by atoms with Gasteiger partial charge in [0.05, 0.1) is 34.3 Å². The smallest absolute Gasteiger partial charge is 0.206 e. The van der Waals surface area contributed by atoms with Crippen LogP contribution in [0, 0.1) is 0 Å². The monoisotopic (exact) mass is 359 g/mol. The van der Waals surface area contributed by atoms with Gasteiger partial charge in [0.1, 0.15) is 6.17 Å². The van der Waals surface area contributed by atoms with Crippen molar-refractivity contribution in [2.24, 2.45) is 5.73 Å². The minimum atomic E-state index is -0.952. The Labute approximate surface area is 150 Å². The summed E-state index contributed by atoms with van der Waals surface area (Å²) in [4.78, 5) is 11.2. The Kier molecular flexibility index (Phi) is 4.31. The molecule has 7 heteroatoms. The van der Waals surface area contributed by atoms with Gasteiger partial charge in [-0.25, -0.2) is 9.37 Å². The summed E-state index contributed by atoms with van der Waals surface area (Å²) < 4.78 is 15.9. The number of imidazole rings is 1. The second kappa shape index (κ2) is 6.61. The molecule has 1 aromatic carbocycles. The zero-order chi connectivity index (χ0) is 17.4. The number of benzene rings is 1. The van der Waals surface area contributed by atoms with E-state index in [0.29, 0.717) is 31.1 Å². The maximum absolute atomic E-state index is 13.8. The molecule has 0 spiro atoms. The van der Waals surface area contributed by atoms with Gasteiger partial charge in [-0.3, -0.25) is 4.98 Å². The number of aromatic nitrogens is 3. The highest BCUT2D eigenvalue weighted by Crippen LogP contribution is 2.26. The number of rotatable bonds is 3. The zero-order valence-corrected chi connectivity index (χ0v) is 14.4. The predicted octanol–water partition coefficient (Wildman–Crippen LogP) is 3.01. The lowest BCUT2D eigenvalue weighted by molar-refractivity contribution is 0.243. The normalized spacial score (nSPS) is 21.0. The van der Waals surface area contributed by atoms with Gasteiger partial charge in [-0.15, -0.1) is 0 Å². The van der Waals surface area contributed by atoms with Crippen LogP contribution in [0.4, 0.5) is 10.3 Å². The van der Waals surface area contributed by atoms with Crippen LogP contribution in [0.2, 0.25) is 5.02 Å². The third kappa shape index (κ3) is 3.19. The van der Waals surface area contributed by atoms with Crippen LogP contribution < -0.4 is 10.6 Å².